The summed E-state index contributed by atoms with van der Waals surface area (Å²) in [5, 5.41) is 3.99. The molecule has 0 unspecified atom stereocenters. The standard InChI is InChI=1S/C24H33N3O4.CO2/c1-16-13-20(25)24-21(26-16)3-2-4-22(24)31-19-7-5-18(6-8-19)27-23(28)15-30-14-17-9-11-29-12-10-17;2-1-3/h2-4,13,17-19H,5-12,14-15H2,1H3,(H2,25,26)(H,27,28);. The first-order valence-electron chi connectivity index (χ1n) is 11.8. The van der Waals surface area contributed by atoms with E-state index in [9.17, 15) is 4.79 Å². The van der Waals surface area contributed by atoms with Gasteiger partial charge in [-0.15, -0.1) is 0 Å². The van der Waals surface area contributed by atoms with E-state index in [1.165, 1.54) is 0 Å². The number of nitrogen functional groups attached to an aromatic ring is 1. The van der Waals surface area contributed by atoms with Gasteiger partial charge < -0.3 is 25.3 Å². The van der Waals surface area contributed by atoms with Crippen LogP contribution in [-0.2, 0) is 23.9 Å². The molecule has 34 heavy (non-hydrogen) atoms. The van der Waals surface area contributed by atoms with E-state index < -0.39 is 0 Å². The minimum Gasteiger partial charge on any atom is -0.490 e. The zero-order valence-corrected chi connectivity index (χ0v) is 19.6. The molecule has 184 valence electrons. The normalized spacial score (nSPS) is 20.6. The summed E-state index contributed by atoms with van der Waals surface area (Å²) in [7, 11) is 0. The fourth-order valence-corrected chi connectivity index (χ4v) is 4.53. The van der Waals surface area contributed by atoms with E-state index in [0.717, 1.165) is 74.1 Å². The molecular formula is C25H33N3O6. The molecule has 4 rings (SSSR count). The smallest absolute Gasteiger partial charge is 0.373 e. The summed E-state index contributed by atoms with van der Waals surface area (Å²) in [6.07, 6.45) is 5.98. The zero-order chi connectivity index (χ0) is 24.3. The Balaban J connectivity index is 0.00000103. The van der Waals surface area contributed by atoms with Gasteiger partial charge in [0.1, 0.15) is 12.4 Å². The Morgan fingerprint density at radius 2 is 1.88 bits per heavy atom. The quantitative estimate of drug-likeness (QED) is 0.630. The van der Waals surface area contributed by atoms with Crippen molar-refractivity contribution < 1.29 is 28.6 Å². The van der Waals surface area contributed by atoms with Crippen molar-refractivity contribution in [1.82, 2.24) is 10.3 Å². The molecule has 0 radical (unpaired) electrons. The molecule has 1 aromatic heterocycles. The maximum atomic E-state index is 12.2. The minimum absolute atomic E-state index is 0.0281. The summed E-state index contributed by atoms with van der Waals surface area (Å²) in [4.78, 5) is 33.0. The number of hydrogen-bond donors (Lipinski definition) is 2. The molecule has 2 aliphatic rings. The number of pyridine rings is 1. The van der Waals surface area contributed by atoms with Gasteiger partial charge >= 0.3 is 6.15 Å². The first kappa shape index (κ1) is 25.6. The number of hydrogen-bond acceptors (Lipinski definition) is 8. The third-order valence-corrected chi connectivity index (χ3v) is 6.21. The zero-order valence-electron chi connectivity index (χ0n) is 19.6. The summed E-state index contributed by atoms with van der Waals surface area (Å²) in [5.41, 5.74) is 8.69. The predicted molar refractivity (Wildman–Crippen MR) is 125 cm³/mol. The molecule has 2 heterocycles. The molecule has 1 aromatic carbocycles. The maximum Gasteiger partial charge on any atom is 0.373 e. The van der Waals surface area contributed by atoms with Gasteiger partial charge in [-0.1, -0.05) is 6.07 Å². The highest BCUT2D eigenvalue weighted by Crippen LogP contribution is 2.33. The first-order valence-corrected chi connectivity index (χ1v) is 11.8. The summed E-state index contributed by atoms with van der Waals surface area (Å²) in [6, 6.07) is 7.93. The fourth-order valence-electron chi connectivity index (χ4n) is 4.53. The van der Waals surface area contributed by atoms with Gasteiger partial charge in [0.2, 0.25) is 5.91 Å². The third kappa shape index (κ3) is 7.52. The summed E-state index contributed by atoms with van der Waals surface area (Å²) in [5.74, 6) is 1.27. The summed E-state index contributed by atoms with van der Waals surface area (Å²) in [6.45, 7) is 4.31. The van der Waals surface area contributed by atoms with Crippen molar-refractivity contribution in [3.63, 3.8) is 0 Å². The van der Waals surface area contributed by atoms with Crippen LogP contribution in [0.25, 0.3) is 10.9 Å². The van der Waals surface area contributed by atoms with Gasteiger partial charge in [-0.3, -0.25) is 9.78 Å². The Morgan fingerprint density at radius 1 is 1.18 bits per heavy atom. The number of nitrogens with one attached hydrogen (secondary N) is 1. The Bertz CT molecular complexity index is 978. The Labute approximate surface area is 199 Å². The maximum absolute atomic E-state index is 12.2. The number of benzene rings is 1. The molecular weight excluding hydrogens is 438 g/mol. The highest BCUT2D eigenvalue weighted by molar-refractivity contribution is 5.95. The number of carbonyl (C=O) groups is 1. The lowest BCUT2D eigenvalue weighted by atomic mass is 9.93. The van der Waals surface area contributed by atoms with E-state index in [1.54, 1.807) is 0 Å². The van der Waals surface area contributed by atoms with E-state index in [0.29, 0.717) is 18.2 Å². The van der Waals surface area contributed by atoms with Crippen LogP contribution in [0.5, 0.6) is 5.75 Å². The van der Waals surface area contributed by atoms with Crippen molar-refractivity contribution in [2.45, 2.75) is 57.6 Å². The Kier molecular flexibility index (Phi) is 9.82. The van der Waals surface area contributed by atoms with Crippen LogP contribution in [0, 0.1) is 12.8 Å². The highest BCUT2D eigenvalue weighted by atomic mass is 16.5. The van der Waals surface area contributed by atoms with Crippen molar-refractivity contribution in [3.8, 4) is 5.75 Å². The number of nitrogens with two attached hydrogens (primary N) is 1. The van der Waals surface area contributed by atoms with Crippen LogP contribution in [0.4, 0.5) is 5.69 Å². The molecule has 1 aliphatic heterocycles. The number of nitrogens with zero attached hydrogens (tertiary/aromatic N) is 1. The largest absolute Gasteiger partial charge is 0.490 e. The number of ether oxygens (including phenoxy) is 3. The molecule has 2 aromatic rings. The van der Waals surface area contributed by atoms with Crippen LogP contribution in [-0.4, -0.2) is 55.6 Å². The predicted octanol–water partition coefficient (Wildman–Crippen LogP) is 2.79. The molecule has 1 saturated heterocycles. The van der Waals surface area contributed by atoms with Gasteiger partial charge in [-0.25, -0.2) is 0 Å². The Morgan fingerprint density at radius 3 is 2.59 bits per heavy atom. The number of fused-ring (bicyclic) bond motifs is 1. The van der Waals surface area contributed by atoms with Crippen molar-refractivity contribution >= 4 is 28.6 Å². The van der Waals surface area contributed by atoms with Gasteiger partial charge in [0.15, 0.2) is 0 Å². The second-order valence-corrected chi connectivity index (χ2v) is 8.82. The third-order valence-electron chi connectivity index (χ3n) is 6.21. The average Bonchev–Trinajstić information content (AvgIpc) is 2.81. The fraction of sp³-hybridized carbons (Fsp3) is 0.560. The van der Waals surface area contributed by atoms with Crippen LogP contribution in [0.3, 0.4) is 0 Å². The second kappa shape index (κ2) is 13.0. The summed E-state index contributed by atoms with van der Waals surface area (Å²) >= 11 is 0. The van der Waals surface area contributed by atoms with E-state index in [-0.39, 0.29) is 30.8 Å². The number of aromatic nitrogens is 1. The summed E-state index contributed by atoms with van der Waals surface area (Å²) < 4.78 is 17.3. The van der Waals surface area contributed by atoms with Crippen molar-refractivity contribution in [1.29, 1.82) is 0 Å². The number of rotatable bonds is 7. The molecule has 0 spiro atoms. The minimum atomic E-state index is -0.0281. The van der Waals surface area contributed by atoms with Gasteiger partial charge in [0, 0.05) is 30.6 Å². The molecule has 9 nitrogen and oxygen atoms in total. The van der Waals surface area contributed by atoms with Gasteiger partial charge in [0.25, 0.3) is 0 Å². The monoisotopic (exact) mass is 471 g/mol. The SMILES string of the molecule is Cc1cc(N)c2c(OC3CCC(NC(=O)COCC4CCOCC4)CC3)cccc2n1.O=C=O. The molecule has 1 saturated carbocycles. The highest BCUT2D eigenvalue weighted by Gasteiger charge is 2.24. The second-order valence-electron chi connectivity index (χ2n) is 8.82. The van der Waals surface area contributed by atoms with Gasteiger partial charge in [-0.05, 0) is 69.6 Å². The molecule has 3 N–H and O–H groups in total. The lowest BCUT2D eigenvalue weighted by Crippen LogP contribution is -2.41. The van der Waals surface area contributed by atoms with Crippen LogP contribution in [0.15, 0.2) is 24.3 Å². The molecule has 1 aliphatic carbocycles. The van der Waals surface area contributed by atoms with Crippen LogP contribution in [0.1, 0.15) is 44.2 Å². The van der Waals surface area contributed by atoms with Gasteiger partial charge in [-0.2, -0.15) is 9.59 Å². The molecule has 1 amide bonds. The van der Waals surface area contributed by atoms with E-state index >= 15 is 0 Å². The van der Waals surface area contributed by atoms with Crippen LogP contribution in [0.2, 0.25) is 0 Å². The molecule has 0 atom stereocenters. The number of anilines is 1. The lowest BCUT2D eigenvalue weighted by Gasteiger charge is -2.30. The van der Waals surface area contributed by atoms with Crippen LogP contribution >= 0.6 is 0 Å². The van der Waals surface area contributed by atoms with Crippen LogP contribution < -0.4 is 15.8 Å². The van der Waals surface area contributed by atoms with Crippen molar-refractivity contribution in [3.05, 3.63) is 30.0 Å². The molecule has 0 bridgehead atoms. The van der Waals surface area contributed by atoms with Gasteiger partial charge in [0.05, 0.1) is 23.6 Å². The van der Waals surface area contributed by atoms with Crippen molar-refractivity contribution in [2.75, 3.05) is 32.2 Å². The Hall–Kier alpha value is -3.00. The lowest BCUT2D eigenvalue weighted by molar-refractivity contribution is -0.191. The molecule has 2 fully saturated rings. The van der Waals surface area contributed by atoms with E-state index in [1.807, 2.05) is 31.2 Å². The average molecular weight is 472 g/mol. The van der Waals surface area contributed by atoms with E-state index in [4.69, 9.17) is 29.5 Å². The first-order chi connectivity index (χ1) is 16.5. The van der Waals surface area contributed by atoms with Crippen molar-refractivity contribution in [2.24, 2.45) is 5.92 Å². The topological polar surface area (TPSA) is 130 Å². The number of amides is 1. The number of aryl methyl sites for hydroxylation is 1. The number of carbonyl (C=O) groups excluding carboxylic acids is 3. The molecule has 9 heteroatoms. The van der Waals surface area contributed by atoms with E-state index in [2.05, 4.69) is 10.3 Å².